The van der Waals surface area contributed by atoms with Crippen molar-refractivity contribution in [1.29, 1.82) is 5.26 Å². The highest BCUT2D eigenvalue weighted by molar-refractivity contribution is 4.98. The molecule has 0 heterocycles. The van der Waals surface area contributed by atoms with Crippen molar-refractivity contribution in [2.45, 2.75) is 77.3 Å². The Morgan fingerprint density at radius 3 is 2.58 bits per heavy atom. The Labute approximate surface area is 119 Å². The minimum absolute atomic E-state index is 0.269. The van der Waals surface area contributed by atoms with Crippen molar-refractivity contribution in [2.75, 3.05) is 7.05 Å². The second-order valence-electron chi connectivity index (χ2n) is 6.98. The zero-order chi connectivity index (χ0) is 13.8. The average Bonchev–Trinajstić information content (AvgIpc) is 2.45. The summed E-state index contributed by atoms with van der Waals surface area (Å²) in [5.41, 5.74) is 0. The number of hydrogen-bond acceptors (Lipinski definition) is 2. The Morgan fingerprint density at radius 1 is 1.16 bits per heavy atom. The summed E-state index contributed by atoms with van der Waals surface area (Å²) in [6.45, 7) is 4.69. The Morgan fingerprint density at radius 2 is 1.95 bits per heavy atom. The molecule has 0 radical (unpaired) electrons. The maximum atomic E-state index is 9.44. The summed E-state index contributed by atoms with van der Waals surface area (Å²) in [6.07, 6.45) is 10.4. The Balaban J connectivity index is 2.01. The van der Waals surface area contributed by atoms with Crippen molar-refractivity contribution in [2.24, 2.45) is 17.8 Å². The molecule has 2 nitrogen and oxygen atoms in total. The molecule has 5 unspecified atom stereocenters. The van der Waals surface area contributed by atoms with Crippen LogP contribution in [0.3, 0.4) is 0 Å². The van der Waals surface area contributed by atoms with Crippen LogP contribution in [0.5, 0.6) is 0 Å². The van der Waals surface area contributed by atoms with E-state index in [1.165, 1.54) is 44.9 Å². The summed E-state index contributed by atoms with van der Waals surface area (Å²) >= 11 is 0. The van der Waals surface area contributed by atoms with E-state index in [1.807, 2.05) is 0 Å². The molecule has 0 saturated heterocycles. The van der Waals surface area contributed by atoms with Crippen molar-refractivity contribution in [1.82, 2.24) is 4.90 Å². The fraction of sp³-hybridized carbons (Fsp3) is 0.941. The van der Waals surface area contributed by atoms with Crippen LogP contribution in [0, 0.1) is 29.1 Å². The summed E-state index contributed by atoms with van der Waals surface area (Å²) < 4.78 is 0. The van der Waals surface area contributed by atoms with Crippen molar-refractivity contribution in [3.63, 3.8) is 0 Å². The van der Waals surface area contributed by atoms with Crippen LogP contribution in [0.15, 0.2) is 0 Å². The predicted octanol–water partition coefficient (Wildman–Crippen LogP) is 4.22. The van der Waals surface area contributed by atoms with Gasteiger partial charge in [-0.2, -0.15) is 5.26 Å². The fourth-order valence-corrected chi connectivity index (χ4v) is 4.25. The molecule has 0 aliphatic heterocycles. The van der Waals surface area contributed by atoms with Gasteiger partial charge in [0, 0.05) is 12.1 Å². The van der Waals surface area contributed by atoms with Gasteiger partial charge in [-0.25, -0.2) is 0 Å². The van der Waals surface area contributed by atoms with Crippen molar-refractivity contribution in [3.05, 3.63) is 0 Å². The summed E-state index contributed by atoms with van der Waals surface area (Å²) in [4.78, 5) is 2.59. The molecule has 2 aliphatic carbocycles. The van der Waals surface area contributed by atoms with Crippen LogP contribution in [0.25, 0.3) is 0 Å². The van der Waals surface area contributed by atoms with E-state index in [0.29, 0.717) is 6.04 Å². The van der Waals surface area contributed by atoms with E-state index in [0.717, 1.165) is 24.3 Å². The van der Waals surface area contributed by atoms with Gasteiger partial charge in [0.1, 0.15) is 0 Å². The smallest absolute Gasteiger partial charge is 0.0672 e. The molecule has 0 aromatic carbocycles. The van der Waals surface area contributed by atoms with Crippen LogP contribution in [0.4, 0.5) is 0 Å². The molecule has 0 aromatic rings. The Bertz CT molecular complexity index is 320. The number of hydrogen-bond donors (Lipinski definition) is 0. The van der Waals surface area contributed by atoms with Crippen LogP contribution in [0.2, 0.25) is 0 Å². The van der Waals surface area contributed by atoms with Crippen LogP contribution in [-0.4, -0.2) is 24.0 Å². The third-order valence-corrected chi connectivity index (χ3v) is 5.68. The standard InChI is InChI=1S/C17H30N2/c1-4-14-8-9-15(12-18)17(11-14)19(3)16-7-5-6-13(2)10-16/h13-17H,4-11H2,1-3H3. The number of nitriles is 1. The molecule has 19 heavy (non-hydrogen) atoms. The molecule has 2 fully saturated rings. The van der Waals surface area contributed by atoms with Gasteiger partial charge in [0.25, 0.3) is 0 Å². The second-order valence-corrected chi connectivity index (χ2v) is 6.98. The third kappa shape index (κ3) is 3.51. The van der Waals surface area contributed by atoms with Crippen molar-refractivity contribution >= 4 is 0 Å². The van der Waals surface area contributed by atoms with Crippen LogP contribution >= 0.6 is 0 Å². The minimum Gasteiger partial charge on any atom is -0.299 e. The minimum atomic E-state index is 0.269. The lowest BCUT2D eigenvalue weighted by molar-refractivity contribution is 0.0595. The largest absolute Gasteiger partial charge is 0.299 e. The predicted molar refractivity (Wildman–Crippen MR) is 79.7 cm³/mol. The highest BCUT2D eigenvalue weighted by atomic mass is 15.2. The van der Waals surface area contributed by atoms with E-state index in [2.05, 4.69) is 31.9 Å². The zero-order valence-electron chi connectivity index (χ0n) is 12.9. The molecular formula is C17H30N2. The van der Waals surface area contributed by atoms with Crippen LogP contribution in [0.1, 0.15) is 65.2 Å². The molecule has 0 amide bonds. The van der Waals surface area contributed by atoms with E-state index in [1.54, 1.807) is 0 Å². The molecule has 2 aliphatic rings. The van der Waals surface area contributed by atoms with Gasteiger partial charge in [0.2, 0.25) is 0 Å². The van der Waals surface area contributed by atoms with Gasteiger partial charge in [-0.15, -0.1) is 0 Å². The second kappa shape index (κ2) is 6.75. The molecule has 5 atom stereocenters. The summed E-state index contributed by atoms with van der Waals surface area (Å²) in [5, 5.41) is 9.44. The van der Waals surface area contributed by atoms with Crippen molar-refractivity contribution in [3.8, 4) is 6.07 Å². The van der Waals surface area contributed by atoms with Gasteiger partial charge in [0.15, 0.2) is 0 Å². The highest BCUT2D eigenvalue weighted by Gasteiger charge is 2.36. The lowest BCUT2D eigenvalue weighted by atomic mass is 9.76. The first kappa shape index (κ1) is 14.9. The van der Waals surface area contributed by atoms with Crippen molar-refractivity contribution < 1.29 is 0 Å². The summed E-state index contributed by atoms with van der Waals surface area (Å²) in [7, 11) is 2.29. The monoisotopic (exact) mass is 262 g/mol. The zero-order valence-corrected chi connectivity index (χ0v) is 12.9. The topological polar surface area (TPSA) is 27.0 Å². The van der Waals surface area contributed by atoms with E-state index in [9.17, 15) is 5.26 Å². The molecule has 108 valence electrons. The number of rotatable bonds is 3. The van der Waals surface area contributed by atoms with E-state index < -0.39 is 0 Å². The van der Waals surface area contributed by atoms with E-state index in [4.69, 9.17) is 0 Å². The molecule has 2 rings (SSSR count). The van der Waals surface area contributed by atoms with Gasteiger partial charge >= 0.3 is 0 Å². The third-order valence-electron chi connectivity index (χ3n) is 5.68. The first-order valence-corrected chi connectivity index (χ1v) is 8.27. The molecule has 0 bridgehead atoms. The van der Waals surface area contributed by atoms with Gasteiger partial charge in [-0.1, -0.05) is 33.1 Å². The summed E-state index contributed by atoms with van der Waals surface area (Å²) in [5.74, 6) is 1.98. The van der Waals surface area contributed by atoms with Gasteiger partial charge in [0.05, 0.1) is 12.0 Å². The maximum absolute atomic E-state index is 9.44. The quantitative estimate of drug-likeness (QED) is 0.761. The number of nitrogens with zero attached hydrogens (tertiary/aromatic N) is 2. The maximum Gasteiger partial charge on any atom is 0.0672 e. The average molecular weight is 262 g/mol. The van der Waals surface area contributed by atoms with Crippen LogP contribution < -0.4 is 0 Å². The fourth-order valence-electron chi connectivity index (χ4n) is 4.25. The molecule has 2 saturated carbocycles. The molecule has 0 aromatic heterocycles. The first-order chi connectivity index (χ1) is 9.15. The van der Waals surface area contributed by atoms with E-state index >= 15 is 0 Å². The molecule has 0 spiro atoms. The van der Waals surface area contributed by atoms with Gasteiger partial charge in [-0.3, -0.25) is 4.90 Å². The summed E-state index contributed by atoms with van der Waals surface area (Å²) in [6, 6.07) is 3.82. The lowest BCUT2D eigenvalue weighted by Crippen LogP contribution is -2.48. The Kier molecular flexibility index (Phi) is 5.28. The van der Waals surface area contributed by atoms with E-state index in [-0.39, 0.29) is 5.92 Å². The van der Waals surface area contributed by atoms with Crippen LogP contribution in [-0.2, 0) is 0 Å². The lowest BCUT2D eigenvalue weighted by Gasteiger charge is -2.44. The highest BCUT2D eigenvalue weighted by Crippen LogP contribution is 2.36. The molecular weight excluding hydrogens is 232 g/mol. The molecule has 0 N–H and O–H groups in total. The normalized spacial score (nSPS) is 40.1. The SMILES string of the molecule is CCC1CCC(C#N)C(N(C)C2CCCC(C)C2)C1. The Hall–Kier alpha value is -0.550. The molecule has 2 heteroatoms. The first-order valence-electron chi connectivity index (χ1n) is 8.27. The van der Waals surface area contributed by atoms with Gasteiger partial charge in [-0.05, 0) is 51.0 Å². The van der Waals surface area contributed by atoms with Gasteiger partial charge < -0.3 is 0 Å².